The van der Waals surface area contributed by atoms with Gasteiger partial charge in [-0.1, -0.05) is 12.1 Å². The Balaban J connectivity index is 1.42. The maximum absolute atomic E-state index is 13.3. The topological polar surface area (TPSA) is 70.2 Å². The lowest BCUT2D eigenvalue weighted by Crippen LogP contribution is -2.40. The average molecular weight is 460 g/mol. The number of hydrogen-bond donors (Lipinski definition) is 0. The highest BCUT2D eigenvalue weighted by molar-refractivity contribution is 7.98. The minimum Gasteiger partial charge on any atom is -0.374 e. The van der Waals surface area contributed by atoms with Crippen molar-refractivity contribution in [3.63, 3.8) is 0 Å². The van der Waals surface area contributed by atoms with Crippen LogP contribution >= 0.6 is 11.8 Å². The number of rotatable bonds is 9. The third-order valence-electron chi connectivity index (χ3n) is 6.44. The summed E-state index contributed by atoms with van der Waals surface area (Å²) >= 11 is 1.53. The number of benzene rings is 1. The van der Waals surface area contributed by atoms with E-state index in [1.165, 1.54) is 24.6 Å². The van der Waals surface area contributed by atoms with Crippen molar-refractivity contribution in [3.05, 3.63) is 29.8 Å². The second-order valence-corrected chi connectivity index (χ2v) is 9.81. The molecule has 2 aliphatic heterocycles. The first-order valence-electron chi connectivity index (χ1n) is 11.6. The summed E-state index contributed by atoms with van der Waals surface area (Å²) in [4.78, 5) is 44.6. The normalized spacial score (nSPS) is 21.9. The summed E-state index contributed by atoms with van der Waals surface area (Å²) in [5.41, 5.74) is 0.634. The van der Waals surface area contributed by atoms with Crippen molar-refractivity contribution >= 4 is 29.5 Å². The first-order chi connectivity index (χ1) is 15.5. The molecule has 1 aromatic rings. The molecule has 1 unspecified atom stereocenters. The van der Waals surface area contributed by atoms with Crippen LogP contribution in [-0.4, -0.2) is 90.7 Å². The highest BCUT2D eigenvalue weighted by atomic mass is 32.2. The summed E-state index contributed by atoms with van der Waals surface area (Å²) in [6, 6.07) is 7.54. The zero-order valence-corrected chi connectivity index (χ0v) is 19.6. The van der Waals surface area contributed by atoms with E-state index in [1.54, 1.807) is 4.90 Å². The van der Waals surface area contributed by atoms with E-state index >= 15 is 0 Å². The number of carbonyl (C=O) groups is 3. The Morgan fingerprint density at radius 3 is 2.59 bits per heavy atom. The molecule has 32 heavy (non-hydrogen) atoms. The van der Waals surface area contributed by atoms with Gasteiger partial charge >= 0.3 is 0 Å². The van der Waals surface area contributed by atoms with E-state index in [0.29, 0.717) is 50.7 Å². The number of hydrogen-bond acceptors (Lipinski definition) is 5. The Morgan fingerprint density at radius 1 is 1.09 bits per heavy atom. The van der Waals surface area contributed by atoms with Crippen molar-refractivity contribution in [2.75, 3.05) is 52.1 Å². The van der Waals surface area contributed by atoms with Crippen molar-refractivity contribution < 1.29 is 19.1 Å². The number of carbonyl (C=O) groups excluding carboxylic acids is 3. The van der Waals surface area contributed by atoms with Gasteiger partial charge in [-0.3, -0.25) is 14.4 Å². The van der Waals surface area contributed by atoms with Gasteiger partial charge in [0, 0.05) is 50.6 Å². The zero-order chi connectivity index (χ0) is 22.5. The van der Waals surface area contributed by atoms with Crippen LogP contribution in [0.3, 0.4) is 0 Å². The number of likely N-dealkylation sites (tertiary alicyclic amines) is 1. The van der Waals surface area contributed by atoms with Crippen molar-refractivity contribution in [1.82, 2.24) is 14.7 Å². The van der Waals surface area contributed by atoms with Crippen LogP contribution in [0.2, 0.25) is 0 Å². The smallest absolute Gasteiger partial charge is 0.255 e. The van der Waals surface area contributed by atoms with E-state index in [-0.39, 0.29) is 30.4 Å². The lowest BCUT2D eigenvalue weighted by atomic mass is 10.2. The van der Waals surface area contributed by atoms with E-state index in [1.807, 2.05) is 40.3 Å². The fourth-order valence-corrected chi connectivity index (χ4v) is 4.99. The molecule has 1 aromatic carbocycles. The molecular formula is C24H33N3O4S. The number of thioether (sulfide) groups is 1. The molecule has 3 fully saturated rings. The van der Waals surface area contributed by atoms with Gasteiger partial charge in [0.15, 0.2) is 0 Å². The van der Waals surface area contributed by atoms with Crippen molar-refractivity contribution in [2.24, 2.45) is 5.92 Å². The third kappa shape index (κ3) is 5.84. The van der Waals surface area contributed by atoms with Crippen molar-refractivity contribution in [3.8, 4) is 0 Å². The van der Waals surface area contributed by atoms with Gasteiger partial charge in [-0.2, -0.15) is 0 Å². The minimum absolute atomic E-state index is 0.0507. The standard InChI is InChI=1S/C24H33N3O4S/c1-32-21-7-3-2-6-20(21)24(30)27-15-19(31-17-18-9-10-18)14-26(23(29)16-27)13-5-12-25-11-4-8-22(25)28/h2-3,6-7,18-19H,4-5,8-17H2,1H3. The Bertz CT molecular complexity index is 844. The van der Waals surface area contributed by atoms with E-state index in [2.05, 4.69) is 0 Å². The monoisotopic (exact) mass is 459 g/mol. The molecule has 1 atom stereocenters. The molecule has 2 heterocycles. The van der Waals surface area contributed by atoms with Crippen LogP contribution in [0.1, 0.15) is 42.5 Å². The maximum Gasteiger partial charge on any atom is 0.255 e. The minimum atomic E-state index is -0.194. The number of amides is 3. The summed E-state index contributed by atoms with van der Waals surface area (Å²) in [7, 11) is 0. The second kappa shape index (κ2) is 10.7. The molecule has 1 aliphatic carbocycles. The van der Waals surface area contributed by atoms with Gasteiger partial charge < -0.3 is 19.4 Å². The summed E-state index contributed by atoms with van der Waals surface area (Å²) in [5.74, 6) is 0.658. The van der Waals surface area contributed by atoms with Gasteiger partial charge in [0.25, 0.3) is 5.91 Å². The van der Waals surface area contributed by atoms with Crippen LogP contribution in [-0.2, 0) is 14.3 Å². The zero-order valence-electron chi connectivity index (χ0n) is 18.8. The Hall–Kier alpha value is -2.06. The number of nitrogens with zero attached hydrogens (tertiary/aromatic N) is 3. The van der Waals surface area contributed by atoms with Crippen LogP contribution in [0.5, 0.6) is 0 Å². The predicted octanol–water partition coefficient (Wildman–Crippen LogP) is 2.50. The summed E-state index contributed by atoms with van der Waals surface area (Å²) in [5, 5.41) is 0. The third-order valence-corrected chi connectivity index (χ3v) is 7.24. The van der Waals surface area contributed by atoms with Crippen LogP contribution in [0, 0.1) is 5.92 Å². The second-order valence-electron chi connectivity index (χ2n) is 8.96. The van der Waals surface area contributed by atoms with Crippen molar-refractivity contribution in [2.45, 2.75) is 43.1 Å². The summed E-state index contributed by atoms with van der Waals surface area (Å²) in [6.07, 6.45) is 6.46. The van der Waals surface area contributed by atoms with Crippen LogP contribution < -0.4 is 0 Å². The molecule has 2 saturated heterocycles. The molecule has 0 bridgehead atoms. The fraction of sp³-hybridized carbons (Fsp3) is 0.625. The van der Waals surface area contributed by atoms with Crippen LogP contribution in [0.4, 0.5) is 0 Å². The maximum atomic E-state index is 13.3. The van der Waals surface area contributed by atoms with Gasteiger partial charge in [-0.25, -0.2) is 0 Å². The SMILES string of the molecule is CSc1ccccc1C(=O)N1CC(=O)N(CCCN2CCCC2=O)CC(OCC2CC2)C1. The molecule has 0 spiro atoms. The average Bonchev–Trinajstić information content (AvgIpc) is 3.57. The highest BCUT2D eigenvalue weighted by Crippen LogP contribution is 2.29. The lowest BCUT2D eigenvalue weighted by molar-refractivity contribution is -0.131. The lowest BCUT2D eigenvalue weighted by Gasteiger charge is -2.25. The van der Waals surface area contributed by atoms with Gasteiger partial charge in [0.2, 0.25) is 11.8 Å². The molecule has 7 nitrogen and oxygen atoms in total. The van der Waals surface area contributed by atoms with E-state index in [0.717, 1.165) is 24.3 Å². The molecule has 4 rings (SSSR count). The van der Waals surface area contributed by atoms with Crippen molar-refractivity contribution in [1.29, 1.82) is 0 Å². The van der Waals surface area contributed by atoms with E-state index in [9.17, 15) is 14.4 Å². The molecule has 0 aromatic heterocycles. The molecular weight excluding hydrogens is 426 g/mol. The largest absolute Gasteiger partial charge is 0.374 e. The molecule has 1 saturated carbocycles. The van der Waals surface area contributed by atoms with Crippen LogP contribution in [0.15, 0.2) is 29.2 Å². The molecule has 0 N–H and O–H groups in total. The molecule has 174 valence electrons. The van der Waals surface area contributed by atoms with Gasteiger partial charge in [0.05, 0.1) is 11.7 Å². The quantitative estimate of drug-likeness (QED) is 0.531. The Kier molecular flexibility index (Phi) is 7.73. The van der Waals surface area contributed by atoms with Crippen LogP contribution in [0.25, 0.3) is 0 Å². The fourth-order valence-electron chi connectivity index (χ4n) is 4.40. The Morgan fingerprint density at radius 2 is 1.88 bits per heavy atom. The first-order valence-corrected chi connectivity index (χ1v) is 12.9. The highest BCUT2D eigenvalue weighted by Gasteiger charge is 2.33. The molecule has 3 aliphatic rings. The summed E-state index contributed by atoms with van der Waals surface area (Å²) in [6.45, 7) is 3.74. The molecule has 3 amide bonds. The summed E-state index contributed by atoms with van der Waals surface area (Å²) < 4.78 is 6.18. The van der Waals surface area contributed by atoms with E-state index < -0.39 is 0 Å². The first kappa shape index (κ1) is 23.1. The molecule has 8 heteroatoms. The predicted molar refractivity (Wildman–Crippen MR) is 124 cm³/mol. The van der Waals surface area contributed by atoms with Gasteiger partial charge in [0.1, 0.15) is 6.54 Å². The van der Waals surface area contributed by atoms with Gasteiger partial charge in [-0.05, 0) is 50.0 Å². The molecule has 0 radical (unpaired) electrons. The van der Waals surface area contributed by atoms with E-state index in [4.69, 9.17) is 4.74 Å². The Labute approximate surface area is 194 Å². The van der Waals surface area contributed by atoms with Gasteiger partial charge in [-0.15, -0.1) is 11.8 Å². The number of ether oxygens (including phenoxy) is 1.